The fourth-order valence-corrected chi connectivity index (χ4v) is 6.99. The summed E-state index contributed by atoms with van der Waals surface area (Å²) >= 11 is 1.32. The number of hydrogen-bond donors (Lipinski definition) is 1. The van der Waals surface area contributed by atoms with Crippen molar-refractivity contribution in [2.24, 2.45) is 0 Å². The second-order valence-electron chi connectivity index (χ2n) is 11.3. The maximum Gasteiger partial charge on any atom is 0.301 e. The lowest BCUT2D eigenvalue weighted by atomic mass is 9.94. The monoisotopic (exact) mass is 618 g/mol. The number of nitrogens with zero attached hydrogens (tertiary/aromatic N) is 2. The molecule has 226 valence electrons. The summed E-state index contributed by atoms with van der Waals surface area (Å²) < 4.78 is 18.5. The maximum absolute atomic E-state index is 13.8. The lowest BCUT2D eigenvalue weighted by Crippen LogP contribution is -2.29. The van der Waals surface area contributed by atoms with Gasteiger partial charge >= 0.3 is 5.91 Å². The number of hydrogen-bond acceptors (Lipinski definition) is 8. The minimum atomic E-state index is -0.966. The van der Waals surface area contributed by atoms with Crippen molar-refractivity contribution < 1.29 is 28.9 Å². The third-order valence-electron chi connectivity index (χ3n) is 8.09. The molecule has 8 nitrogen and oxygen atoms in total. The number of aromatic nitrogens is 1. The van der Waals surface area contributed by atoms with Crippen molar-refractivity contribution in [3.8, 4) is 17.2 Å². The maximum atomic E-state index is 13.8. The van der Waals surface area contributed by atoms with Gasteiger partial charge in [0.05, 0.1) is 28.9 Å². The molecule has 0 aliphatic carbocycles. The molecule has 9 heteroatoms. The smallest absolute Gasteiger partial charge is 0.301 e. The Bertz CT molecular complexity index is 2000. The molecular formula is C36H30N2O6S. The molecule has 0 saturated carbocycles. The molecule has 0 unspecified atom stereocenters. The molecule has 2 atom stereocenters. The summed E-state index contributed by atoms with van der Waals surface area (Å²) in [6.45, 7) is 4.30. The van der Waals surface area contributed by atoms with Gasteiger partial charge < -0.3 is 19.3 Å². The summed E-state index contributed by atoms with van der Waals surface area (Å²) in [7, 11) is 1.54. The average Bonchev–Trinajstić information content (AvgIpc) is 3.71. The Balaban J connectivity index is 1.35. The van der Waals surface area contributed by atoms with E-state index >= 15 is 0 Å². The molecular weight excluding hydrogens is 588 g/mol. The number of carbonyl (C=O) groups excluding carboxylic acids is 2. The summed E-state index contributed by atoms with van der Waals surface area (Å²) in [5.41, 5.74) is 4.68. The molecule has 1 fully saturated rings. The van der Waals surface area contributed by atoms with Crippen LogP contribution in [0.25, 0.3) is 16.0 Å². The molecule has 5 aromatic rings. The quantitative estimate of drug-likeness (QED) is 0.118. The summed E-state index contributed by atoms with van der Waals surface area (Å²) in [5.74, 6) is -0.136. The van der Waals surface area contributed by atoms with Crippen LogP contribution >= 0.6 is 11.3 Å². The van der Waals surface area contributed by atoms with Crippen molar-refractivity contribution >= 4 is 44.1 Å². The Hall–Kier alpha value is -5.15. The van der Waals surface area contributed by atoms with Gasteiger partial charge in [-0.1, -0.05) is 53.8 Å². The van der Waals surface area contributed by atoms with E-state index in [0.717, 1.165) is 32.7 Å². The Morgan fingerprint density at radius 1 is 1.02 bits per heavy atom. The second kappa shape index (κ2) is 11.4. The molecule has 2 aliphatic heterocycles. The SMILES string of the molecule is COc1cc([C@H]2C(=C(O)c3ccc4c(c3)C[C@H](C)O4)C(=O)C(=O)N2c2nc3ccc(C)cc3s2)ccc1OCc1ccccc1. The van der Waals surface area contributed by atoms with Gasteiger partial charge in [-0.25, -0.2) is 4.98 Å². The number of aliphatic hydroxyl groups excluding tert-OH is 1. The van der Waals surface area contributed by atoms with Crippen molar-refractivity contribution in [3.63, 3.8) is 0 Å². The number of methoxy groups -OCH3 is 1. The first kappa shape index (κ1) is 28.6. The number of aryl methyl sites for hydroxylation is 1. The number of fused-ring (bicyclic) bond motifs is 2. The predicted octanol–water partition coefficient (Wildman–Crippen LogP) is 7.14. The van der Waals surface area contributed by atoms with E-state index in [-0.39, 0.29) is 17.4 Å². The Kier molecular flexibility index (Phi) is 7.25. The van der Waals surface area contributed by atoms with Crippen LogP contribution in [0.15, 0.2) is 90.5 Å². The highest BCUT2D eigenvalue weighted by Gasteiger charge is 2.48. The lowest BCUT2D eigenvalue weighted by Gasteiger charge is -2.24. The van der Waals surface area contributed by atoms with Crippen LogP contribution in [-0.4, -0.2) is 35.0 Å². The fraction of sp³-hybridized carbons (Fsp3) is 0.194. The zero-order valence-corrected chi connectivity index (χ0v) is 25.8. The first-order valence-corrected chi connectivity index (χ1v) is 15.4. The molecule has 3 heterocycles. The highest BCUT2D eigenvalue weighted by Crippen LogP contribution is 2.46. The molecule has 4 aromatic carbocycles. The molecule has 1 saturated heterocycles. The molecule has 1 amide bonds. The summed E-state index contributed by atoms with van der Waals surface area (Å²) in [6.07, 6.45) is 0.696. The first-order chi connectivity index (χ1) is 21.8. The van der Waals surface area contributed by atoms with Gasteiger partial charge in [-0.2, -0.15) is 0 Å². The van der Waals surface area contributed by atoms with Crippen LogP contribution in [0.4, 0.5) is 5.13 Å². The van der Waals surface area contributed by atoms with Gasteiger partial charge in [0, 0.05) is 12.0 Å². The number of Topliss-reactive ketones (excluding diaryl/α,β-unsaturated/α-hetero) is 1. The van der Waals surface area contributed by atoms with E-state index in [4.69, 9.17) is 19.2 Å². The van der Waals surface area contributed by atoms with Crippen LogP contribution in [0, 0.1) is 6.92 Å². The van der Waals surface area contributed by atoms with Crippen LogP contribution in [0.2, 0.25) is 0 Å². The topological polar surface area (TPSA) is 98.2 Å². The number of aliphatic hydroxyl groups is 1. The molecule has 1 aromatic heterocycles. The van der Waals surface area contributed by atoms with Crippen LogP contribution in [0.5, 0.6) is 17.2 Å². The molecule has 2 aliphatic rings. The molecule has 0 bridgehead atoms. The Labute approximate surface area is 264 Å². The molecule has 7 rings (SSSR count). The number of ether oxygens (including phenoxy) is 3. The van der Waals surface area contributed by atoms with Gasteiger partial charge in [-0.15, -0.1) is 0 Å². The Morgan fingerprint density at radius 3 is 2.64 bits per heavy atom. The van der Waals surface area contributed by atoms with E-state index in [9.17, 15) is 14.7 Å². The third kappa shape index (κ3) is 5.19. The van der Waals surface area contributed by atoms with Crippen LogP contribution in [0.1, 0.15) is 40.8 Å². The van der Waals surface area contributed by atoms with Crippen LogP contribution < -0.4 is 19.1 Å². The van der Waals surface area contributed by atoms with Crippen molar-refractivity contribution in [2.45, 2.75) is 39.0 Å². The average molecular weight is 619 g/mol. The Morgan fingerprint density at radius 2 is 1.84 bits per heavy atom. The largest absolute Gasteiger partial charge is 0.507 e. The van der Waals surface area contributed by atoms with Gasteiger partial charge in [-0.05, 0) is 78.6 Å². The number of amides is 1. The van der Waals surface area contributed by atoms with Crippen molar-refractivity contribution in [1.29, 1.82) is 0 Å². The number of carbonyl (C=O) groups is 2. The second-order valence-corrected chi connectivity index (χ2v) is 12.3. The van der Waals surface area contributed by atoms with E-state index in [1.54, 1.807) is 30.3 Å². The van der Waals surface area contributed by atoms with E-state index in [0.29, 0.717) is 40.8 Å². The van der Waals surface area contributed by atoms with E-state index < -0.39 is 17.7 Å². The number of anilines is 1. The number of benzene rings is 4. The summed E-state index contributed by atoms with van der Waals surface area (Å²) in [5, 5.41) is 12.1. The van der Waals surface area contributed by atoms with Crippen LogP contribution in [0.3, 0.4) is 0 Å². The minimum absolute atomic E-state index is 0.0146. The summed E-state index contributed by atoms with van der Waals surface area (Å²) in [4.78, 5) is 33.7. The van der Waals surface area contributed by atoms with E-state index in [1.807, 2.05) is 68.4 Å². The van der Waals surface area contributed by atoms with E-state index in [2.05, 4.69) is 0 Å². The van der Waals surface area contributed by atoms with Gasteiger partial charge in [-0.3, -0.25) is 14.5 Å². The van der Waals surface area contributed by atoms with Crippen molar-refractivity contribution in [2.75, 3.05) is 12.0 Å². The fourth-order valence-electron chi connectivity index (χ4n) is 5.90. The number of ketones is 1. The first-order valence-electron chi connectivity index (χ1n) is 14.6. The van der Waals surface area contributed by atoms with Crippen LogP contribution in [-0.2, 0) is 22.6 Å². The zero-order chi connectivity index (χ0) is 31.2. The minimum Gasteiger partial charge on any atom is -0.507 e. The lowest BCUT2D eigenvalue weighted by molar-refractivity contribution is -0.132. The highest BCUT2D eigenvalue weighted by atomic mass is 32.1. The zero-order valence-electron chi connectivity index (χ0n) is 24.9. The normalized spacial score (nSPS) is 18.7. The van der Waals surface area contributed by atoms with Gasteiger partial charge in [0.25, 0.3) is 5.78 Å². The molecule has 0 radical (unpaired) electrons. The van der Waals surface area contributed by atoms with E-state index in [1.165, 1.54) is 23.3 Å². The number of thiazole rings is 1. The van der Waals surface area contributed by atoms with Gasteiger partial charge in [0.15, 0.2) is 16.6 Å². The highest BCUT2D eigenvalue weighted by molar-refractivity contribution is 7.22. The van der Waals surface area contributed by atoms with Gasteiger partial charge in [0.1, 0.15) is 24.2 Å². The van der Waals surface area contributed by atoms with Crippen molar-refractivity contribution in [3.05, 3.63) is 118 Å². The number of rotatable bonds is 7. The summed E-state index contributed by atoms with van der Waals surface area (Å²) in [6, 6.07) is 25.3. The van der Waals surface area contributed by atoms with Gasteiger partial charge in [0.2, 0.25) is 0 Å². The molecule has 45 heavy (non-hydrogen) atoms. The predicted molar refractivity (Wildman–Crippen MR) is 173 cm³/mol. The molecule has 1 N–H and O–H groups in total. The third-order valence-corrected chi connectivity index (χ3v) is 9.11. The molecule has 0 spiro atoms. The van der Waals surface area contributed by atoms with Crippen molar-refractivity contribution in [1.82, 2.24) is 4.98 Å². The standard InChI is InChI=1S/C36H30N2O6S/c1-20-9-12-26-30(15-20)45-36(37-26)38-32(23-10-14-28(29(18-23)42-3)43-19-22-7-5-4-6-8-22)31(34(40)35(38)41)33(39)24-11-13-27-25(17-24)16-21(2)44-27/h4-15,17-18,21,32,39H,16,19H2,1-3H3/t21-,32-/m0/s1.